The fourth-order valence-corrected chi connectivity index (χ4v) is 2.51. The Balaban J connectivity index is 2.06. The molecular formula is C13H16ClF3N4O. The summed E-state index contributed by atoms with van der Waals surface area (Å²) in [4.78, 5) is 17.1. The topological polar surface area (TPSA) is 71.2 Å². The van der Waals surface area contributed by atoms with Gasteiger partial charge in [0.05, 0.1) is 16.6 Å². The van der Waals surface area contributed by atoms with Crippen LogP contribution in [0, 0.1) is 0 Å². The van der Waals surface area contributed by atoms with Gasteiger partial charge in [0, 0.05) is 25.3 Å². The molecule has 0 spiro atoms. The Hall–Kier alpha value is -1.54. The second kappa shape index (κ2) is 6.29. The number of halogens is 4. The lowest BCUT2D eigenvalue weighted by Crippen LogP contribution is -2.45. The number of nitrogens with one attached hydrogen (secondary N) is 1. The van der Waals surface area contributed by atoms with Crippen LogP contribution in [0.2, 0.25) is 5.02 Å². The number of aromatic nitrogens is 1. The second-order valence-corrected chi connectivity index (χ2v) is 5.66. The number of carbonyl (C=O) groups excluding carboxylic acids is 1. The summed E-state index contributed by atoms with van der Waals surface area (Å²) in [7, 11) is 0. The summed E-state index contributed by atoms with van der Waals surface area (Å²) in [6.07, 6.45) is -3.07. The van der Waals surface area contributed by atoms with Crippen LogP contribution in [0.1, 0.15) is 18.9 Å². The maximum absolute atomic E-state index is 12.6. The molecule has 0 aliphatic carbocycles. The molecule has 1 aliphatic heterocycles. The molecular weight excluding hydrogens is 321 g/mol. The van der Waals surface area contributed by atoms with Gasteiger partial charge in [-0.25, -0.2) is 4.98 Å². The van der Waals surface area contributed by atoms with Gasteiger partial charge >= 0.3 is 6.18 Å². The molecule has 2 rings (SSSR count). The van der Waals surface area contributed by atoms with Gasteiger partial charge in [0.1, 0.15) is 5.82 Å². The number of nitrogens with two attached hydrogens (primary N) is 1. The molecule has 0 bridgehead atoms. The van der Waals surface area contributed by atoms with E-state index in [1.54, 1.807) is 11.8 Å². The number of nitrogens with zero attached hydrogens (tertiary/aromatic N) is 2. The van der Waals surface area contributed by atoms with Crippen molar-refractivity contribution in [3.8, 4) is 0 Å². The van der Waals surface area contributed by atoms with Crippen molar-refractivity contribution in [1.82, 2.24) is 10.3 Å². The summed E-state index contributed by atoms with van der Waals surface area (Å²) in [6.45, 7) is 2.55. The van der Waals surface area contributed by atoms with Gasteiger partial charge in [-0.2, -0.15) is 13.2 Å². The smallest absolute Gasteiger partial charge is 0.353 e. The fraction of sp³-hybridized carbons (Fsp3) is 0.538. The van der Waals surface area contributed by atoms with Crippen LogP contribution < -0.4 is 16.0 Å². The maximum Gasteiger partial charge on any atom is 0.417 e. The highest BCUT2D eigenvalue weighted by Gasteiger charge is 2.33. The van der Waals surface area contributed by atoms with Gasteiger partial charge in [0.15, 0.2) is 0 Å². The van der Waals surface area contributed by atoms with E-state index in [0.29, 0.717) is 19.5 Å². The molecule has 1 aliphatic rings. The fourth-order valence-electron chi connectivity index (χ4n) is 2.22. The van der Waals surface area contributed by atoms with Crippen molar-refractivity contribution in [2.75, 3.05) is 18.0 Å². The number of carbonyl (C=O) groups is 1. The zero-order chi connectivity index (χ0) is 16.5. The third kappa shape index (κ3) is 3.80. The maximum atomic E-state index is 12.6. The van der Waals surface area contributed by atoms with Crippen LogP contribution in [0.25, 0.3) is 0 Å². The van der Waals surface area contributed by atoms with Crippen LogP contribution >= 0.6 is 11.6 Å². The van der Waals surface area contributed by atoms with E-state index in [1.807, 2.05) is 0 Å². The molecule has 0 saturated carbocycles. The van der Waals surface area contributed by atoms with Crippen LogP contribution in [-0.4, -0.2) is 36.1 Å². The normalized spacial score (nSPS) is 20.1. The van der Waals surface area contributed by atoms with Gasteiger partial charge in [-0.05, 0) is 19.4 Å². The Labute approximate surface area is 130 Å². The SMILES string of the molecule is CC(N)C(=O)NC1CCN(c2ncc(C(F)(F)F)cc2Cl)C1. The van der Waals surface area contributed by atoms with E-state index < -0.39 is 17.8 Å². The Morgan fingerprint density at radius 2 is 2.27 bits per heavy atom. The van der Waals surface area contributed by atoms with Gasteiger partial charge in [0.2, 0.25) is 5.91 Å². The molecule has 2 atom stereocenters. The minimum atomic E-state index is -4.48. The summed E-state index contributed by atoms with van der Waals surface area (Å²) in [6, 6.07) is 0.123. The van der Waals surface area contributed by atoms with Crippen molar-refractivity contribution in [3.63, 3.8) is 0 Å². The molecule has 5 nitrogen and oxygen atoms in total. The van der Waals surface area contributed by atoms with E-state index in [1.165, 1.54) is 0 Å². The van der Waals surface area contributed by atoms with E-state index in [0.717, 1.165) is 12.3 Å². The van der Waals surface area contributed by atoms with Crippen LogP contribution in [0.4, 0.5) is 19.0 Å². The van der Waals surface area contributed by atoms with Gasteiger partial charge in [0.25, 0.3) is 0 Å². The minimum absolute atomic E-state index is 0.0611. The highest BCUT2D eigenvalue weighted by molar-refractivity contribution is 6.33. The summed E-state index contributed by atoms with van der Waals surface area (Å²) < 4.78 is 37.8. The molecule has 0 radical (unpaired) electrons. The zero-order valence-corrected chi connectivity index (χ0v) is 12.6. The molecule has 1 aromatic heterocycles. The monoisotopic (exact) mass is 336 g/mol. The van der Waals surface area contributed by atoms with E-state index in [9.17, 15) is 18.0 Å². The first-order chi connectivity index (χ1) is 10.2. The molecule has 1 aromatic rings. The minimum Gasteiger partial charge on any atom is -0.353 e. The van der Waals surface area contributed by atoms with E-state index in [-0.39, 0.29) is 22.8 Å². The van der Waals surface area contributed by atoms with Crippen LogP contribution in [0.3, 0.4) is 0 Å². The third-order valence-corrected chi connectivity index (χ3v) is 3.67. The number of hydrogen-bond acceptors (Lipinski definition) is 4. The number of rotatable bonds is 3. The predicted octanol–water partition coefficient (Wildman–Crippen LogP) is 1.80. The lowest BCUT2D eigenvalue weighted by Gasteiger charge is -2.20. The van der Waals surface area contributed by atoms with Crippen LogP contribution in [0.15, 0.2) is 12.3 Å². The highest BCUT2D eigenvalue weighted by atomic mass is 35.5. The average Bonchev–Trinajstić information content (AvgIpc) is 2.85. The number of hydrogen-bond donors (Lipinski definition) is 2. The largest absolute Gasteiger partial charge is 0.417 e. The van der Waals surface area contributed by atoms with Gasteiger partial charge in [-0.1, -0.05) is 11.6 Å². The van der Waals surface area contributed by atoms with Crippen molar-refractivity contribution in [1.29, 1.82) is 0 Å². The Bertz CT molecular complexity index is 565. The van der Waals surface area contributed by atoms with Crippen molar-refractivity contribution < 1.29 is 18.0 Å². The number of pyridine rings is 1. The lowest BCUT2D eigenvalue weighted by atomic mass is 10.2. The number of amides is 1. The summed E-state index contributed by atoms with van der Waals surface area (Å²) in [5.74, 6) is 0.0190. The van der Waals surface area contributed by atoms with E-state index >= 15 is 0 Å². The lowest BCUT2D eigenvalue weighted by molar-refractivity contribution is -0.137. The Morgan fingerprint density at radius 3 is 2.82 bits per heavy atom. The van der Waals surface area contributed by atoms with Crippen molar-refractivity contribution in [3.05, 3.63) is 22.8 Å². The van der Waals surface area contributed by atoms with Crippen molar-refractivity contribution >= 4 is 23.3 Å². The molecule has 1 fully saturated rings. The van der Waals surface area contributed by atoms with Crippen molar-refractivity contribution in [2.24, 2.45) is 5.73 Å². The quantitative estimate of drug-likeness (QED) is 0.883. The third-order valence-electron chi connectivity index (χ3n) is 3.40. The Kier molecular flexibility index (Phi) is 4.81. The summed E-state index contributed by atoms with van der Waals surface area (Å²) in [5.41, 5.74) is 4.59. The molecule has 1 saturated heterocycles. The molecule has 22 heavy (non-hydrogen) atoms. The zero-order valence-electron chi connectivity index (χ0n) is 11.8. The first kappa shape index (κ1) is 16.8. The van der Waals surface area contributed by atoms with Crippen molar-refractivity contribution in [2.45, 2.75) is 31.6 Å². The number of alkyl halides is 3. The van der Waals surface area contributed by atoms with Gasteiger partial charge in [-0.15, -0.1) is 0 Å². The molecule has 1 amide bonds. The summed E-state index contributed by atoms with van der Waals surface area (Å²) in [5, 5.41) is 2.72. The summed E-state index contributed by atoms with van der Waals surface area (Å²) >= 11 is 5.91. The second-order valence-electron chi connectivity index (χ2n) is 5.26. The molecule has 9 heteroatoms. The molecule has 2 unspecified atom stereocenters. The highest BCUT2D eigenvalue weighted by Crippen LogP contribution is 2.34. The van der Waals surface area contributed by atoms with E-state index in [4.69, 9.17) is 17.3 Å². The van der Waals surface area contributed by atoms with E-state index in [2.05, 4.69) is 10.3 Å². The molecule has 3 N–H and O–H groups in total. The van der Waals surface area contributed by atoms with Crippen LogP contribution in [0.5, 0.6) is 0 Å². The first-order valence-electron chi connectivity index (χ1n) is 6.72. The molecule has 122 valence electrons. The Morgan fingerprint density at radius 1 is 1.59 bits per heavy atom. The van der Waals surface area contributed by atoms with Gasteiger partial charge < -0.3 is 16.0 Å². The number of anilines is 1. The first-order valence-corrected chi connectivity index (χ1v) is 7.10. The standard InChI is InChI=1S/C13H16ClF3N4O/c1-7(18)12(22)20-9-2-3-21(6-9)11-10(14)4-8(5-19-11)13(15,16)17/h4-5,7,9H,2-3,6,18H2,1H3,(H,20,22). The average molecular weight is 337 g/mol. The molecule has 2 heterocycles. The van der Waals surface area contributed by atoms with Gasteiger partial charge in [-0.3, -0.25) is 4.79 Å². The molecule has 0 aromatic carbocycles. The van der Waals surface area contributed by atoms with Crippen LogP contribution in [-0.2, 0) is 11.0 Å². The predicted molar refractivity (Wildman–Crippen MR) is 76.7 cm³/mol.